The molecular weight excluding hydrogens is 419 g/mol. The van der Waals surface area contributed by atoms with Crippen LogP contribution in [-0.2, 0) is 21.4 Å². The van der Waals surface area contributed by atoms with Gasteiger partial charge in [-0.15, -0.1) is 0 Å². The fraction of sp³-hybridized carbons (Fsp3) is 0.235. The van der Waals surface area contributed by atoms with Crippen LogP contribution in [0.3, 0.4) is 0 Å². The molecule has 1 atom stereocenters. The molecule has 140 valence electrons. The normalized spacial score (nSPS) is 12.5. The Morgan fingerprint density at radius 3 is 2.38 bits per heavy atom. The van der Waals surface area contributed by atoms with Gasteiger partial charge in [0.2, 0.25) is 15.9 Å². The minimum atomic E-state index is -3.79. The van der Waals surface area contributed by atoms with Crippen molar-refractivity contribution in [3.63, 3.8) is 0 Å². The van der Waals surface area contributed by atoms with Crippen LogP contribution in [0.2, 0.25) is 15.1 Å². The highest BCUT2D eigenvalue weighted by atomic mass is 35.5. The van der Waals surface area contributed by atoms with Crippen molar-refractivity contribution in [2.24, 2.45) is 0 Å². The molecular formula is C17H17Cl3N2O3S. The Morgan fingerprint density at radius 2 is 1.77 bits per heavy atom. The number of hydrogen-bond donors (Lipinski definition) is 1. The Kier molecular flexibility index (Phi) is 6.80. The maximum Gasteiger partial charge on any atom is 0.243 e. The number of nitrogens with one attached hydrogen (secondary N) is 1. The van der Waals surface area contributed by atoms with Crippen molar-refractivity contribution in [3.05, 3.63) is 63.1 Å². The maximum absolute atomic E-state index is 12.5. The molecule has 0 spiro atoms. The predicted molar refractivity (Wildman–Crippen MR) is 107 cm³/mol. The molecule has 0 bridgehead atoms. The topological polar surface area (TPSA) is 66.5 Å². The molecule has 0 fully saturated rings. The summed E-state index contributed by atoms with van der Waals surface area (Å²) >= 11 is 18.2. The zero-order chi connectivity index (χ0) is 19.5. The van der Waals surface area contributed by atoms with Crippen molar-refractivity contribution in [2.45, 2.75) is 19.5 Å². The third-order valence-corrected chi connectivity index (χ3v) is 5.80. The molecule has 0 aliphatic heterocycles. The van der Waals surface area contributed by atoms with Gasteiger partial charge in [-0.05, 0) is 36.8 Å². The molecule has 2 rings (SSSR count). The zero-order valence-electron chi connectivity index (χ0n) is 14.0. The van der Waals surface area contributed by atoms with Gasteiger partial charge in [-0.1, -0.05) is 53.0 Å². The van der Waals surface area contributed by atoms with Crippen molar-refractivity contribution >= 4 is 56.4 Å². The summed E-state index contributed by atoms with van der Waals surface area (Å²) in [6.07, 6.45) is 1.00. The Bertz CT molecular complexity index is 919. The van der Waals surface area contributed by atoms with E-state index in [1.807, 2.05) is 0 Å². The van der Waals surface area contributed by atoms with E-state index in [1.54, 1.807) is 24.3 Å². The molecule has 1 amide bonds. The van der Waals surface area contributed by atoms with Crippen molar-refractivity contribution in [2.75, 3.05) is 10.6 Å². The molecule has 0 aliphatic carbocycles. The summed E-state index contributed by atoms with van der Waals surface area (Å²) in [5, 5.41) is 3.68. The lowest BCUT2D eigenvalue weighted by atomic mass is 10.2. The minimum Gasteiger partial charge on any atom is -0.350 e. The first-order chi connectivity index (χ1) is 12.1. The fourth-order valence-corrected chi connectivity index (χ4v) is 4.21. The summed E-state index contributed by atoms with van der Waals surface area (Å²) < 4.78 is 25.5. The van der Waals surface area contributed by atoms with E-state index < -0.39 is 22.0 Å². The van der Waals surface area contributed by atoms with Gasteiger partial charge >= 0.3 is 0 Å². The molecule has 26 heavy (non-hydrogen) atoms. The van der Waals surface area contributed by atoms with E-state index in [0.29, 0.717) is 10.0 Å². The molecule has 0 radical (unpaired) electrons. The standard InChI is InChI=1S/C17H17Cl3N2O3S/c1-11(17(23)21-10-12-5-3-4-6-14(12)19)22(26(2,24)25)16-9-13(18)7-8-15(16)20/h3-9,11H,10H2,1-2H3,(H,21,23)/t11-/m1/s1. The molecule has 0 unspecified atom stereocenters. The second-order valence-corrected chi connectivity index (χ2v) is 8.75. The van der Waals surface area contributed by atoms with Crippen LogP contribution in [0.15, 0.2) is 42.5 Å². The lowest BCUT2D eigenvalue weighted by molar-refractivity contribution is -0.122. The van der Waals surface area contributed by atoms with Gasteiger partial charge in [0.25, 0.3) is 0 Å². The summed E-state index contributed by atoms with van der Waals surface area (Å²) in [5.41, 5.74) is 0.864. The molecule has 5 nitrogen and oxygen atoms in total. The van der Waals surface area contributed by atoms with Crippen LogP contribution >= 0.6 is 34.8 Å². The Hall–Kier alpha value is -1.47. The van der Waals surface area contributed by atoms with Crippen LogP contribution in [0.5, 0.6) is 0 Å². The third kappa shape index (κ3) is 5.04. The monoisotopic (exact) mass is 434 g/mol. The smallest absolute Gasteiger partial charge is 0.243 e. The zero-order valence-corrected chi connectivity index (χ0v) is 17.1. The Morgan fingerprint density at radius 1 is 1.12 bits per heavy atom. The summed E-state index contributed by atoms with van der Waals surface area (Å²) in [7, 11) is -3.79. The largest absolute Gasteiger partial charge is 0.350 e. The highest BCUT2D eigenvalue weighted by Gasteiger charge is 2.30. The predicted octanol–water partition coefficient (Wildman–Crippen LogP) is 4.12. The van der Waals surface area contributed by atoms with Crippen molar-refractivity contribution in [1.82, 2.24) is 5.32 Å². The van der Waals surface area contributed by atoms with Crippen molar-refractivity contribution in [3.8, 4) is 0 Å². The number of amides is 1. The number of rotatable bonds is 6. The second-order valence-electron chi connectivity index (χ2n) is 5.64. The third-order valence-electron chi connectivity index (χ3n) is 3.65. The summed E-state index contributed by atoms with van der Waals surface area (Å²) in [6.45, 7) is 1.64. The van der Waals surface area contributed by atoms with Gasteiger partial charge in [0.05, 0.1) is 17.0 Å². The number of nitrogens with zero attached hydrogens (tertiary/aromatic N) is 1. The fourth-order valence-electron chi connectivity index (χ4n) is 2.41. The second kappa shape index (κ2) is 8.48. The van der Waals surface area contributed by atoms with Crippen LogP contribution in [0.25, 0.3) is 0 Å². The van der Waals surface area contributed by atoms with E-state index in [1.165, 1.54) is 25.1 Å². The van der Waals surface area contributed by atoms with Crippen molar-refractivity contribution in [1.29, 1.82) is 0 Å². The van der Waals surface area contributed by atoms with E-state index in [2.05, 4.69) is 5.32 Å². The van der Waals surface area contributed by atoms with Gasteiger partial charge in [0.15, 0.2) is 0 Å². The first kappa shape index (κ1) is 20.8. The number of carbonyl (C=O) groups is 1. The first-order valence-corrected chi connectivity index (χ1v) is 10.5. The van der Waals surface area contributed by atoms with Crippen LogP contribution in [-0.4, -0.2) is 26.6 Å². The SMILES string of the molecule is C[C@H](C(=O)NCc1ccccc1Cl)N(c1cc(Cl)ccc1Cl)S(C)(=O)=O. The van der Waals surface area contributed by atoms with E-state index in [9.17, 15) is 13.2 Å². The molecule has 9 heteroatoms. The lowest BCUT2D eigenvalue weighted by Gasteiger charge is -2.29. The van der Waals surface area contributed by atoms with Crippen LogP contribution in [0.1, 0.15) is 12.5 Å². The average molecular weight is 436 g/mol. The van der Waals surface area contributed by atoms with Gasteiger partial charge in [0.1, 0.15) is 6.04 Å². The number of sulfonamides is 1. The highest BCUT2D eigenvalue weighted by Crippen LogP contribution is 2.32. The summed E-state index contributed by atoms with van der Waals surface area (Å²) in [5.74, 6) is -0.494. The number of halogens is 3. The molecule has 0 saturated carbocycles. The van der Waals surface area contributed by atoms with Crippen LogP contribution < -0.4 is 9.62 Å². The highest BCUT2D eigenvalue weighted by molar-refractivity contribution is 7.92. The van der Waals surface area contributed by atoms with Crippen molar-refractivity contribution < 1.29 is 13.2 Å². The quantitative estimate of drug-likeness (QED) is 0.742. The number of anilines is 1. The van der Waals surface area contributed by atoms with Gasteiger partial charge in [-0.3, -0.25) is 9.10 Å². The minimum absolute atomic E-state index is 0.141. The molecule has 0 heterocycles. The molecule has 2 aromatic carbocycles. The van der Waals surface area contributed by atoms with Crippen LogP contribution in [0.4, 0.5) is 5.69 Å². The number of hydrogen-bond acceptors (Lipinski definition) is 3. The molecule has 2 aromatic rings. The molecule has 0 aliphatic rings. The summed E-state index contributed by atoms with van der Waals surface area (Å²) in [4.78, 5) is 12.5. The van der Waals surface area contributed by atoms with E-state index in [4.69, 9.17) is 34.8 Å². The molecule has 1 N–H and O–H groups in total. The van der Waals surface area contributed by atoms with Gasteiger partial charge in [-0.25, -0.2) is 8.42 Å². The molecule has 0 aromatic heterocycles. The van der Waals surface area contributed by atoms with Gasteiger partial charge in [0, 0.05) is 16.6 Å². The number of benzene rings is 2. The van der Waals surface area contributed by atoms with E-state index in [-0.39, 0.29) is 17.3 Å². The van der Waals surface area contributed by atoms with Crippen LogP contribution in [0, 0.1) is 0 Å². The van der Waals surface area contributed by atoms with E-state index in [0.717, 1.165) is 16.1 Å². The maximum atomic E-state index is 12.5. The van der Waals surface area contributed by atoms with Gasteiger partial charge in [-0.2, -0.15) is 0 Å². The summed E-state index contributed by atoms with van der Waals surface area (Å²) in [6, 6.07) is 10.4. The number of carbonyl (C=O) groups excluding carboxylic acids is 1. The van der Waals surface area contributed by atoms with Gasteiger partial charge < -0.3 is 5.32 Å². The van der Waals surface area contributed by atoms with E-state index >= 15 is 0 Å². The average Bonchev–Trinajstić information content (AvgIpc) is 2.56. The Labute approximate surface area is 167 Å². The lowest BCUT2D eigenvalue weighted by Crippen LogP contribution is -2.47. The molecule has 0 saturated heterocycles. The first-order valence-electron chi connectivity index (χ1n) is 7.57. The Balaban J connectivity index is 2.27.